The number of aromatic nitrogens is 1. The number of primary amides is 1. The Kier molecular flexibility index (Phi) is 5.32. The Balaban J connectivity index is 3.03. The predicted octanol–water partition coefficient (Wildman–Crippen LogP) is 2.04. The molecule has 20 heavy (non-hydrogen) atoms. The third-order valence-electron chi connectivity index (χ3n) is 2.59. The molecule has 0 aliphatic rings. The van der Waals surface area contributed by atoms with Gasteiger partial charge in [-0.15, -0.1) is 0 Å². The first-order valence-electron chi connectivity index (χ1n) is 5.89. The first kappa shape index (κ1) is 16.2. The molecule has 1 unspecified atom stereocenters. The van der Waals surface area contributed by atoms with Gasteiger partial charge in [0.25, 0.3) is 5.91 Å². The number of alkyl halides is 3. The Morgan fingerprint density at radius 1 is 1.50 bits per heavy atom. The first-order chi connectivity index (χ1) is 9.25. The van der Waals surface area contributed by atoms with Crippen LogP contribution in [0.4, 0.5) is 19.0 Å². The molecular formula is C12H16F3N3O2. The Labute approximate surface area is 114 Å². The Morgan fingerprint density at radius 2 is 2.15 bits per heavy atom. The zero-order valence-electron chi connectivity index (χ0n) is 11.1. The van der Waals surface area contributed by atoms with Crippen LogP contribution in [0, 0.1) is 0 Å². The number of hydrogen-bond donors (Lipinski definition) is 2. The van der Waals surface area contributed by atoms with Crippen molar-refractivity contribution >= 4 is 11.7 Å². The normalized spacial score (nSPS) is 13.1. The first-order valence-corrected chi connectivity index (χ1v) is 5.89. The fraction of sp³-hybridized carbons (Fsp3) is 0.500. The van der Waals surface area contributed by atoms with E-state index in [2.05, 4.69) is 10.3 Å². The molecule has 1 aromatic rings. The number of rotatable bonds is 6. The fourth-order valence-corrected chi connectivity index (χ4v) is 1.53. The number of ether oxygens (including phenoxy) is 1. The van der Waals surface area contributed by atoms with E-state index in [1.165, 1.54) is 7.11 Å². The molecule has 0 aliphatic heterocycles. The largest absolute Gasteiger partial charge is 0.433 e. The number of nitrogens with two attached hydrogens (primary N) is 1. The Bertz CT molecular complexity index is 478. The number of amides is 1. The lowest BCUT2D eigenvalue weighted by Gasteiger charge is -2.17. The number of methoxy groups -OCH3 is 1. The zero-order chi connectivity index (χ0) is 15.3. The minimum atomic E-state index is -4.58. The number of nitrogens with zero attached hydrogens (tertiary/aromatic N) is 1. The predicted molar refractivity (Wildman–Crippen MR) is 67.3 cm³/mol. The standard InChI is InChI=1S/C12H16F3N3O2/c1-7(5-6-20-2)17-11-8(10(16)19)3-4-9(18-11)12(13,14)15/h3-4,7H,5-6H2,1-2H3,(H2,16,19)(H,17,18). The second kappa shape index (κ2) is 6.56. The summed E-state index contributed by atoms with van der Waals surface area (Å²) in [6.45, 7) is 2.17. The van der Waals surface area contributed by atoms with Gasteiger partial charge in [0, 0.05) is 19.8 Å². The van der Waals surface area contributed by atoms with Gasteiger partial charge in [0.05, 0.1) is 5.56 Å². The highest BCUT2D eigenvalue weighted by molar-refractivity contribution is 5.97. The van der Waals surface area contributed by atoms with Gasteiger partial charge in [-0.2, -0.15) is 13.2 Å². The van der Waals surface area contributed by atoms with Crippen molar-refractivity contribution in [3.8, 4) is 0 Å². The van der Waals surface area contributed by atoms with Crippen LogP contribution in [-0.2, 0) is 10.9 Å². The molecule has 1 amide bonds. The maximum Gasteiger partial charge on any atom is 0.433 e. The van der Waals surface area contributed by atoms with Gasteiger partial charge < -0.3 is 15.8 Å². The van der Waals surface area contributed by atoms with Crippen LogP contribution in [0.3, 0.4) is 0 Å². The van der Waals surface area contributed by atoms with Gasteiger partial charge in [-0.25, -0.2) is 4.98 Å². The molecule has 0 radical (unpaired) electrons. The second-order valence-corrected chi connectivity index (χ2v) is 4.28. The number of anilines is 1. The van der Waals surface area contributed by atoms with Gasteiger partial charge in [0.2, 0.25) is 0 Å². The van der Waals surface area contributed by atoms with Gasteiger partial charge in [-0.1, -0.05) is 0 Å². The highest BCUT2D eigenvalue weighted by Crippen LogP contribution is 2.29. The molecule has 3 N–H and O–H groups in total. The van der Waals surface area contributed by atoms with Gasteiger partial charge in [-0.05, 0) is 25.5 Å². The van der Waals surface area contributed by atoms with Crippen LogP contribution in [0.1, 0.15) is 29.4 Å². The summed E-state index contributed by atoms with van der Waals surface area (Å²) in [4.78, 5) is 14.7. The number of hydrogen-bond acceptors (Lipinski definition) is 4. The summed E-state index contributed by atoms with van der Waals surface area (Å²) in [7, 11) is 1.52. The average Bonchev–Trinajstić information content (AvgIpc) is 2.34. The van der Waals surface area contributed by atoms with Crippen LogP contribution in [0.25, 0.3) is 0 Å². The van der Waals surface area contributed by atoms with E-state index in [0.29, 0.717) is 13.0 Å². The van der Waals surface area contributed by atoms with E-state index in [4.69, 9.17) is 10.5 Å². The molecule has 1 heterocycles. The molecule has 0 saturated carbocycles. The molecule has 8 heteroatoms. The van der Waals surface area contributed by atoms with Crippen molar-refractivity contribution in [3.63, 3.8) is 0 Å². The fourth-order valence-electron chi connectivity index (χ4n) is 1.53. The van der Waals surface area contributed by atoms with Crippen LogP contribution in [0.2, 0.25) is 0 Å². The third-order valence-corrected chi connectivity index (χ3v) is 2.59. The van der Waals surface area contributed by atoms with Crippen LogP contribution in [-0.4, -0.2) is 30.6 Å². The maximum absolute atomic E-state index is 12.6. The molecule has 1 rings (SSSR count). The highest BCUT2D eigenvalue weighted by atomic mass is 19.4. The Hall–Kier alpha value is -1.83. The van der Waals surface area contributed by atoms with Crippen molar-refractivity contribution in [1.82, 2.24) is 4.98 Å². The summed E-state index contributed by atoms with van der Waals surface area (Å²) in [5.74, 6) is -1.01. The van der Waals surface area contributed by atoms with Crippen molar-refractivity contribution in [1.29, 1.82) is 0 Å². The molecule has 0 spiro atoms. The molecule has 5 nitrogen and oxygen atoms in total. The van der Waals surface area contributed by atoms with Gasteiger partial charge in [-0.3, -0.25) is 4.79 Å². The van der Waals surface area contributed by atoms with Crippen molar-refractivity contribution < 1.29 is 22.7 Å². The van der Waals surface area contributed by atoms with E-state index in [1.54, 1.807) is 6.92 Å². The van der Waals surface area contributed by atoms with E-state index >= 15 is 0 Å². The van der Waals surface area contributed by atoms with Crippen LogP contribution in [0.15, 0.2) is 12.1 Å². The number of carbonyl (C=O) groups excluding carboxylic acids is 1. The summed E-state index contributed by atoms with van der Waals surface area (Å²) in [6, 6.07) is 1.53. The number of pyridine rings is 1. The lowest BCUT2D eigenvalue weighted by atomic mass is 10.2. The summed E-state index contributed by atoms with van der Waals surface area (Å²) < 4.78 is 42.7. The van der Waals surface area contributed by atoms with Crippen molar-refractivity contribution in [2.24, 2.45) is 5.73 Å². The lowest BCUT2D eigenvalue weighted by molar-refractivity contribution is -0.141. The molecule has 0 aliphatic carbocycles. The second-order valence-electron chi connectivity index (χ2n) is 4.28. The van der Waals surface area contributed by atoms with E-state index in [9.17, 15) is 18.0 Å². The molecular weight excluding hydrogens is 275 g/mol. The monoisotopic (exact) mass is 291 g/mol. The highest BCUT2D eigenvalue weighted by Gasteiger charge is 2.33. The molecule has 0 saturated heterocycles. The van der Waals surface area contributed by atoms with Crippen LogP contribution in [0.5, 0.6) is 0 Å². The smallest absolute Gasteiger partial charge is 0.385 e. The van der Waals surface area contributed by atoms with Crippen molar-refractivity contribution in [3.05, 3.63) is 23.4 Å². The van der Waals surface area contributed by atoms with Crippen LogP contribution >= 0.6 is 0 Å². The Morgan fingerprint density at radius 3 is 2.65 bits per heavy atom. The molecule has 0 bridgehead atoms. The van der Waals surface area contributed by atoms with Crippen molar-refractivity contribution in [2.75, 3.05) is 19.0 Å². The minimum Gasteiger partial charge on any atom is -0.385 e. The lowest BCUT2D eigenvalue weighted by Crippen LogP contribution is -2.23. The number of nitrogens with one attached hydrogen (secondary N) is 1. The van der Waals surface area contributed by atoms with E-state index in [-0.39, 0.29) is 17.4 Å². The number of carbonyl (C=O) groups is 1. The molecule has 1 aromatic heterocycles. The van der Waals surface area contributed by atoms with Crippen molar-refractivity contribution in [2.45, 2.75) is 25.6 Å². The van der Waals surface area contributed by atoms with E-state index in [0.717, 1.165) is 12.1 Å². The molecule has 0 aromatic carbocycles. The van der Waals surface area contributed by atoms with E-state index < -0.39 is 17.8 Å². The van der Waals surface area contributed by atoms with Gasteiger partial charge in [0.1, 0.15) is 11.5 Å². The van der Waals surface area contributed by atoms with Gasteiger partial charge in [0.15, 0.2) is 0 Å². The maximum atomic E-state index is 12.6. The third kappa shape index (κ3) is 4.37. The summed E-state index contributed by atoms with van der Waals surface area (Å²) in [5, 5.41) is 2.75. The summed E-state index contributed by atoms with van der Waals surface area (Å²) in [6.07, 6.45) is -4.03. The van der Waals surface area contributed by atoms with Crippen LogP contribution < -0.4 is 11.1 Å². The summed E-state index contributed by atoms with van der Waals surface area (Å²) >= 11 is 0. The van der Waals surface area contributed by atoms with Gasteiger partial charge >= 0.3 is 6.18 Å². The molecule has 0 fully saturated rings. The molecule has 112 valence electrons. The summed E-state index contributed by atoms with van der Waals surface area (Å²) in [5.41, 5.74) is 3.96. The van der Waals surface area contributed by atoms with E-state index in [1.807, 2.05) is 0 Å². The minimum absolute atomic E-state index is 0.0812. The average molecular weight is 291 g/mol. The SMILES string of the molecule is COCCC(C)Nc1nc(C(F)(F)F)ccc1C(N)=O. The zero-order valence-corrected chi connectivity index (χ0v) is 11.1. The quantitative estimate of drug-likeness (QED) is 0.840. The molecule has 1 atom stereocenters. The number of halogens is 3. The topological polar surface area (TPSA) is 77.2 Å².